The van der Waals surface area contributed by atoms with Crippen molar-refractivity contribution in [3.63, 3.8) is 0 Å². The standard InChI is InChI=1S/C17H16ClN5O4/c18-17-21-14(20-16(26)9-4-2-1-3-5-9)13-15(22-17)23(8-19-13)12-6-10(25)11(7-24)27-12/h1-5,8,10-12,24-25H,6-7H2,(H,20,21,22,26)/t10-,11+,12+/m0/s1. The van der Waals surface area contributed by atoms with Gasteiger partial charge < -0.3 is 20.3 Å². The number of aliphatic hydroxyl groups is 2. The fourth-order valence-corrected chi connectivity index (χ4v) is 3.17. The summed E-state index contributed by atoms with van der Waals surface area (Å²) in [5, 5.41) is 21.8. The van der Waals surface area contributed by atoms with Gasteiger partial charge in [0.1, 0.15) is 12.3 Å². The van der Waals surface area contributed by atoms with Gasteiger partial charge in [0.2, 0.25) is 5.28 Å². The van der Waals surface area contributed by atoms with E-state index in [9.17, 15) is 15.0 Å². The van der Waals surface area contributed by atoms with E-state index in [-0.39, 0.29) is 30.0 Å². The van der Waals surface area contributed by atoms with Crippen molar-refractivity contribution < 1.29 is 19.7 Å². The number of nitrogens with zero attached hydrogens (tertiary/aromatic N) is 4. The smallest absolute Gasteiger partial charge is 0.256 e. The van der Waals surface area contributed by atoms with Crippen LogP contribution in [0.2, 0.25) is 5.28 Å². The number of nitrogens with one attached hydrogen (secondary N) is 1. The largest absolute Gasteiger partial charge is 0.394 e. The van der Waals surface area contributed by atoms with Crippen LogP contribution >= 0.6 is 11.6 Å². The lowest BCUT2D eigenvalue weighted by molar-refractivity contribution is -0.0432. The minimum atomic E-state index is -0.799. The van der Waals surface area contributed by atoms with Gasteiger partial charge >= 0.3 is 0 Å². The molecule has 9 nitrogen and oxygen atoms in total. The Morgan fingerprint density at radius 3 is 2.81 bits per heavy atom. The first-order chi connectivity index (χ1) is 13.1. The summed E-state index contributed by atoms with van der Waals surface area (Å²) in [7, 11) is 0. The molecule has 0 bridgehead atoms. The molecule has 0 radical (unpaired) electrons. The number of ether oxygens (including phenoxy) is 1. The zero-order valence-corrected chi connectivity index (χ0v) is 14.7. The van der Waals surface area contributed by atoms with Crippen LogP contribution in [0.15, 0.2) is 36.7 Å². The third-order valence-electron chi connectivity index (χ3n) is 4.36. The molecule has 3 aromatic rings. The van der Waals surface area contributed by atoms with Crippen molar-refractivity contribution in [2.45, 2.75) is 24.9 Å². The second-order valence-corrected chi connectivity index (χ2v) is 6.44. The van der Waals surface area contributed by atoms with E-state index >= 15 is 0 Å². The maximum atomic E-state index is 12.4. The first kappa shape index (κ1) is 17.8. The predicted octanol–water partition coefficient (Wildman–Crippen LogP) is 1.37. The van der Waals surface area contributed by atoms with Crippen molar-refractivity contribution in [1.82, 2.24) is 19.5 Å². The molecule has 140 valence electrons. The lowest BCUT2D eigenvalue weighted by Gasteiger charge is -2.14. The number of carbonyl (C=O) groups is 1. The van der Waals surface area contributed by atoms with E-state index in [0.29, 0.717) is 16.7 Å². The SMILES string of the molecule is O=C(Nc1nc(Cl)nc2c1ncn2[C@H]1C[C@H](O)[C@@H](CO)O1)c1ccccc1. The van der Waals surface area contributed by atoms with E-state index in [1.165, 1.54) is 6.33 Å². The Balaban J connectivity index is 1.68. The van der Waals surface area contributed by atoms with E-state index < -0.39 is 18.4 Å². The van der Waals surface area contributed by atoms with Crippen LogP contribution in [0.1, 0.15) is 23.0 Å². The minimum Gasteiger partial charge on any atom is -0.394 e. The van der Waals surface area contributed by atoms with Crippen LogP contribution in [-0.4, -0.2) is 54.5 Å². The number of imidazole rings is 1. The second-order valence-electron chi connectivity index (χ2n) is 6.10. The predicted molar refractivity (Wildman–Crippen MR) is 96.3 cm³/mol. The van der Waals surface area contributed by atoms with Gasteiger partial charge in [0.15, 0.2) is 17.0 Å². The molecule has 0 aliphatic carbocycles. The van der Waals surface area contributed by atoms with Gasteiger partial charge in [-0.1, -0.05) is 18.2 Å². The molecule has 1 amide bonds. The van der Waals surface area contributed by atoms with Crippen LogP contribution < -0.4 is 5.32 Å². The summed E-state index contributed by atoms with van der Waals surface area (Å²) < 4.78 is 7.23. The Labute approximate surface area is 158 Å². The van der Waals surface area contributed by atoms with Crippen molar-refractivity contribution in [3.8, 4) is 0 Å². The zero-order chi connectivity index (χ0) is 19.0. The summed E-state index contributed by atoms with van der Waals surface area (Å²) >= 11 is 6.03. The number of anilines is 1. The average Bonchev–Trinajstić information content (AvgIpc) is 3.25. The van der Waals surface area contributed by atoms with Gasteiger partial charge in [-0.15, -0.1) is 0 Å². The quantitative estimate of drug-likeness (QED) is 0.576. The molecular formula is C17H16ClN5O4. The molecule has 4 rings (SSSR count). The zero-order valence-electron chi connectivity index (χ0n) is 14.0. The summed E-state index contributed by atoms with van der Waals surface area (Å²) in [6, 6.07) is 8.68. The van der Waals surface area contributed by atoms with Crippen LogP contribution in [0.4, 0.5) is 5.82 Å². The molecule has 3 heterocycles. The molecule has 1 aromatic carbocycles. The number of carbonyl (C=O) groups excluding carboxylic acids is 1. The highest BCUT2D eigenvalue weighted by atomic mass is 35.5. The molecule has 3 atom stereocenters. The van der Waals surface area contributed by atoms with E-state index in [2.05, 4.69) is 20.3 Å². The van der Waals surface area contributed by atoms with E-state index in [4.69, 9.17) is 16.3 Å². The highest BCUT2D eigenvalue weighted by molar-refractivity contribution is 6.28. The fraction of sp³-hybridized carbons (Fsp3) is 0.294. The molecule has 0 spiro atoms. The minimum absolute atomic E-state index is 0.0649. The van der Waals surface area contributed by atoms with Crippen molar-refractivity contribution in [1.29, 1.82) is 0 Å². The number of hydrogen-bond donors (Lipinski definition) is 3. The number of aromatic nitrogens is 4. The van der Waals surface area contributed by atoms with Gasteiger partial charge in [-0.05, 0) is 23.7 Å². The Kier molecular flexibility index (Phi) is 4.75. The third kappa shape index (κ3) is 3.37. The van der Waals surface area contributed by atoms with E-state index in [0.717, 1.165) is 0 Å². The first-order valence-electron chi connectivity index (χ1n) is 8.27. The number of benzene rings is 1. The molecule has 1 aliphatic heterocycles. The number of halogens is 1. The van der Waals surface area contributed by atoms with E-state index in [1.54, 1.807) is 28.8 Å². The van der Waals surface area contributed by atoms with Gasteiger partial charge in [-0.2, -0.15) is 9.97 Å². The van der Waals surface area contributed by atoms with Crippen molar-refractivity contribution in [2.75, 3.05) is 11.9 Å². The lowest BCUT2D eigenvalue weighted by Crippen LogP contribution is -2.24. The summed E-state index contributed by atoms with van der Waals surface area (Å²) in [5.41, 5.74) is 1.16. The van der Waals surface area contributed by atoms with Crippen molar-refractivity contribution in [2.24, 2.45) is 0 Å². The molecule has 0 saturated carbocycles. The average molecular weight is 390 g/mol. The first-order valence-corrected chi connectivity index (χ1v) is 8.65. The van der Waals surface area contributed by atoms with Gasteiger partial charge in [0.05, 0.1) is 19.0 Å². The van der Waals surface area contributed by atoms with E-state index in [1.807, 2.05) is 6.07 Å². The highest BCUT2D eigenvalue weighted by Crippen LogP contribution is 2.32. The summed E-state index contributed by atoms with van der Waals surface area (Å²) in [6.07, 6.45) is -0.297. The molecule has 27 heavy (non-hydrogen) atoms. The second kappa shape index (κ2) is 7.20. The Morgan fingerprint density at radius 1 is 1.33 bits per heavy atom. The highest BCUT2D eigenvalue weighted by Gasteiger charge is 2.35. The Bertz CT molecular complexity index is 980. The monoisotopic (exact) mass is 389 g/mol. The maximum Gasteiger partial charge on any atom is 0.256 e. The lowest BCUT2D eigenvalue weighted by atomic mass is 10.2. The maximum absolute atomic E-state index is 12.4. The molecule has 1 saturated heterocycles. The summed E-state index contributed by atoms with van der Waals surface area (Å²) in [5.74, 6) is -0.177. The number of rotatable bonds is 4. The van der Waals surface area contributed by atoms with Gasteiger partial charge in [0, 0.05) is 12.0 Å². The van der Waals surface area contributed by atoms with Crippen LogP contribution in [0.5, 0.6) is 0 Å². The fourth-order valence-electron chi connectivity index (χ4n) is 3.01. The normalized spacial score (nSPS) is 22.3. The molecular weight excluding hydrogens is 374 g/mol. The van der Waals surface area contributed by atoms with Crippen LogP contribution in [0.25, 0.3) is 11.2 Å². The van der Waals surface area contributed by atoms with Crippen LogP contribution in [0, 0.1) is 0 Å². The number of hydrogen-bond acceptors (Lipinski definition) is 7. The molecule has 1 fully saturated rings. The van der Waals surface area contributed by atoms with Crippen LogP contribution in [-0.2, 0) is 4.74 Å². The Hall–Kier alpha value is -2.59. The molecule has 3 N–H and O–H groups in total. The topological polar surface area (TPSA) is 122 Å². The number of amides is 1. The number of fused-ring (bicyclic) bond motifs is 1. The molecule has 10 heteroatoms. The molecule has 1 aliphatic rings. The molecule has 2 aromatic heterocycles. The van der Waals surface area contributed by atoms with Gasteiger partial charge in [-0.3, -0.25) is 9.36 Å². The summed E-state index contributed by atoms with van der Waals surface area (Å²) in [6.45, 7) is -0.293. The molecule has 0 unspecified atom stereocenters. The van der Waals surface area contributed by atoms with Crippen molar-refractivity contribution >= 4 is 34.5 Å². The number of aliphatic hydroxyl groups excluding tert-OH is 2. The van der Waals surface area contributed by atoms with Gasteiger partial charge in [0.25, 0.3) is 5.91 Å². The van der Waals surface area contributed by atoms with Gasteiger partial charge in [-0.25, -0.2) is 4.98 Å². The van der Waals surface area contributed by atoms with Crippen LogP contribution in [0.3, 0.4) is 0 Å². The summed E-state index contributed by atoms with van der Waals surface area (Å²) in [4.78, 5) is 24.9. The third-order valence-corrected chi connectivity index (χ3v) is 4.53. The van der Waals surface area contributed by atoms with Crippen molar-refractivity contribution in [3.05, 3.63) is 47.5 Å². The Morgan fingerprint density at radius 2 is 2.11 bits per heavy atom.